The van der Waals surface area contributed by atoms with Gasteiger partial charge in [0, 0.05) is 16.8 Å². The second-order valence-electron chi connectivity index (χ2n) is 6.56. The minimum absolute atomic E-state index is 0.0942. The van der Waals surface area contributed by atoms with Crippen LogP contribution in [0.5, 0.6) is 5.75 Å². The fourth-order valence-electron chi connectivity index (χ4n) is 3.15. The molecule has 2 amide bonds. The number of nitrogens with zero attached hydrogens (tertiary/aromatic N) is 1. The molecule has 6 heteroatoms. The molecule has 2 aromatic rings. The van der Waals surface area contributed by atoms with E-state index < -0.39 is 6.04 Å². The highest BCUT2D eigenvalue weighted by molar-refractivity contribution is 6.32. The molecule has 1 saturated heterocycles. The van der Waals surface area contributed by atoms with Crippen LogP contribution in [0.4, 0.5) is 11.4 Å². The predicted molar refractivity (Wildman–Crippen MR) is 103 cm³/mol. The summed E-state index contributed by atoms with van der Waals surface area (Å²) < 4.78 is 5.33. The first-order valence-electron chi connectivity index (χ1n) is 8.36. The monoisotopic (exact) mass is 372 g/mol. The summed E-state index contributed by atoms with van der Waals surface area (Å²) in [7, 11) is 1.49. The number of nitrogens with one attached hydrogen (secondary N) is 1. The van der Waals surface area contributed by atoms with Gasteiger partial charge >= 0.3 is 0 Å². The van der Waals surface area contributed by atoms with Gasteiger partial charge in [-0.05, 0) is 44.0 Å². The van der Waals surface area contributed by atoms with Crippen molar-refractivity contribution >= 4 is 34.8 Å². The quantitative estimate of drug-likeness (QED) is 0.823. The van der Waals surface area contributed by atoms with Crippen molar-refractivity contribution < 1.29 is 14.3 Å². The van der Waals surface area contributed by atoms with E-state index in [1.54, 1.807) is 12.1 Å². The normalized spacial score (nSPS) is 17.0. The number of hydrogen-bond donors (Lipinski definition) is 1. The highest BCUT2D eigenvalue weighted by Crippen LogP contribution is 2.37. The van der Waals surface area contributed by atoms with Crippen LogP contribution in [-0.2, 0) is 9.59 Å². The van der Waals surface area contributed by atoms with Gasteiger partial charge in [0.15, 0.2) is 0 Å². The Morgan fingerprint density at radius 2 is 1.85 bits per heavy atom. The Labute approximate surface area is 157 Å². The van der Waals surface area contributed by atoms with Gasteiger partial charge in [0.2, 0.25) is 5.91 Å². The summed E-state index contributed by atoms with van der Waals surface area (Å²) in [6.07, 6.45) is 0.0942. The average molecular weight is 373 g/mol. The molecular formula is C20H21ClN2O3. The van der Waals surface area contributed by atoms with Crippen LogP contribution in [0.15, 0.2) is 30.3 Å². The Morgan fingerprint density at radius 3 is 2.50 bits per heavy atom. The molecule has 0 aromatic heterocycles. The van der Waals surface area contributed by atoms with E-state index in [9.17, 15) is 9.59 Å². The van der Waals surface area contributed by atoms with Gasteiger partial charge in [-0.25, -0.2) is 4.90 Å². The van der Waals surface area contributed by atoms with Crippen LogP contribution in [0.25, 0.3) is 0 Å². The average Bonchev–Trinajstić information content (AvgIpc) is 2.86. The van der Waals surface area contributed by atoms with E-state index in [1.165, 1.54) is 12.0 Å². The van der Waals surface area contributed by atoms with E-state index in [2.05, 4.69) is 5.32 Å². The number of hydrogen-bond acceptors (Lipinski definition) is 4. The van der Waals surface area contributed by atoms with Crippen molar-refractivity contribution in [3.05, 3.63) is 52.0 Å². The summed E-state index contributed by atoms with van der Waals surface area (Å²) in [4.78, 5) is 26.7. The van der Waals surface area contributed by atoms with Crippen LogP contribution >= 0.6 is 11.6 Å². The van der Waals surface area contributed by atoms with Gasteiger partial charge in [-0.15, -0.1) is 0 Å². The van der Waals surface area contributed by atoms with Gasteiger partial charge in [-0.3, -0.25) is 9.59 Å². The largest absolute Gasteiger partial charge is 0.495 e. The van der Waals surface area contributed by atoms with E-state index in [-0.39, 0.29) is 18.2 Å². The zero-order valence-corrected chi connectivity index (χ0v) is 16.0. The number of anilines is 2. The number of carbonyl (C=O) groups is 2. The number of rotatable bonds is 4. The molecule has 0 radical (unpaired) electrons. The van der Waals surface area contributed by atoms with Gasteiger partial charge in [0.05, 0.1) is 19.2 Å². The second-order valence-corrected chi connectivity index (χ2v) is 6.97. The van der Waals surface area contributed by atoms with Crippen molar-refractivity contribution in [1.82, 2.24) is 0 Å². The molecule has 1 heterocycles. The van der Waals surface area contributed by atoms with Crippen molar-refractivity contribution in [3.8, 4) is 5.75 Å². The van der Waals surface area contributed by atoms with Gasteiger partial charge in [0.25, 0.3) is 5.91 Å². The Kier molecular flexibility index (Phi) is 4.92. The van der Waals surface area contributed by atoms with Crippen LogP contribution in [-0.4, -0.2) is 25.0 Å². The number of carbonyl (C=O) groups excluding carboxylic acids is 2. The maximum Gasteiger partial charge on any atom is 0.256 e. The Hall–Kier alpha value is -2.53. The first-order chi connectivity index (χ1) is 12.3. The standard InChI is InChI=1S/C20H21ClN2O3/c1-11-5-6-15(13(3)7-11)22-16-10-19(24)23(20(16)25)17-8-12(2)14(21)9-18(17)26-4/h5-9,16,22H,10H2,1-4H3. The number of amides is 2. The van der Waals surface area contributed by atoms with E-state index in [0.717, 1.165) is 22.4 Å². The fraction of sp³-hybridized carbons (Fsp3) is 0.300. The number of imide groups is 1. The molecule has 2 aromatic carbocycles. The summed E-state index contributed by atoms with van der Waals surface area (Å²) in [5.41, 5.74) is 4.22. The molecule has 1 aliphatic heterocycles. The van der Waals surface area contributed by atoms with Gasteiger partial charge in [-0.1, -0.05) is 29.3 Å². The van der Waals surface area contributed by atoms with Gasteiger partial charge < -0.3 is 10.1 Å². The Balaban J connectivity index is 1.91. The topological polar surface area (TPSA) is 58.6 Å². The molecule has 1 N–H and O–H groups in total. The fourth-order valence-corrected chi connectivity index (χ4v) is 3.30. The molecule has 136 valence electrons. The molecule has 1 unspecified atom stereocenters. The van der Waals surface area contributed by atoms with Crippen LogP contribution in [0, 0.1) is 20.8 Å². The zero-order chi connectivity index (χ0) is 19.0. The highest BCUT2D eigenvalue weighted by Gasteiger charge is 2.41. The van der Waals surface area contributed by atoms with Crippen molar-refractivity contribution in [3.63, 3.8) is 0 Å². The highest BCUT2D eigenvalue weighted by atomic mass is 35.5. The summed E-state index contributed by atoms with van der Waals surface area (Å²) >= 11 is 6.13. The summed E-state index contributed by atoms with van der Waals surface area (Å²) in [6.45, 7) is 5.81. The van der Waals surface area contributed by atoms with E-state index in [1.807, 2.05) is 39.0 Å². The number of halogens is 1. The second kappa shape index (κ2) is 7.00. The summed E-state index contributed by atoms with van der Waals surface area (Å²) in [6, 6.07) is 8.66. The zero-order valence-electron chi connectivity index (χ0n) is 15.2. The first-order valence-corrected chi connectivity index (χ1v) is 8.74. The Morgan fingerprint density at radius 1 is 1.12 bits per heavy atom. The molecule has 1 atom stereocenters. The smallest absolute Gasteiger partial charge is 0.256 e. The van der Waals surface area contributed by atoms with Crippen LogP contribution in [0.1, 0.15) is 23.1 Å². The lowest BCUT2D eigenvalue weighted by molar-refractivity contribution is -0.121. The van der Waals surface area contributed by atoms with Gasteiger partial charge in [-0.2, -0.15) is 0 Å². The molecule has 5 nitrogen and oxygen atoms in total. The Bertz CT molecular complexity index is 895. The molecule has 3 rings (SSSR count). The SMILES string of the molecule is COc1cc(Cl)c(C)cc1N1C(=O)CC(Nc2ccc(C)cc2C)C1=O. The molecule has 0 spiro atoms. The van der Waals surface area contributed by atoms with E-state index >= 15 is 0 Å². The first kappa shape index (κ1) is 18.3. The molecule has 0 saturated carbocycles. The van der Waals surface area contributed by atoms with Crippen molar-refractivity contribution in [2.75, 3.05) is 17.3 Å². The van der Waals surface area contributed by atoms with Crippen molar-refractivity contribution in [2.24, 2.45) is 0 Å². The number of ether oxygens (including phenoxy) is 1. The maximum absolute atomic E-state index is 12.9. The minimum Gasteiger partial charge on any atom is -0.495 e. The van der Waals surface area contributed by atoms with Gasteiger partial charge in [0.1, 0.15) is 11.8 Å². The molecule has 0 bridgehead atoms. The lowest BCUT2D eigenvalue weighted by Crippen LogP contribution is -2.35. The van der Waals surface area contributed by atoms with Crippen molar-refractivity contribution in [1.29, 1.82) is 0 Å². The molecule has 0 aliphatic carbocycles. The molecular weight excluding hydrogens is 352 g/mol. The summed E-state index contributed by atoms with van der Waals surface area (Å²) in [5, 5.41) is 3.72. The van der Waals surface area contributed by atoms with Crippen LogP contribution in [0.2, 0.25) is 5.02 Å². The number of aryl methyl sites for hydroxylation is 3. The minimum atomic E-state index is -0.607. The van der Waals surface area contributed by atoms with E-state index in [0.29, 0.717) is 16.5 Å². The molecule has 1 aliphatic rings. The predicted octanol–water partition coefficient (Wildman–Crippen LogP) is 4.02. The third kappa shape index (κ3) is 3.27. The number of methoxy groups -OCH3 is 1. The lowest BCUT2D eigenvalue weighted by atomic mass is 10.1. The van der Waals surface area contributed by atoms with E-state index in [4.69, 9.17) is 16.3 Å². The number of benzene rings is 2. The lowest BCUT2D eigenvalue weighted by Gasteiger charge is -2.20. The van der Waals surface area contributed by atoms with Crippen LogP contribution in [0.3, 0.4) is 0 Å². The third-order valence-electron chi connectivity index (χ3n) is 4.56. The molecule has 1 fully saturated rings. The summed E-state index contributed by atoms with van der Waals surface area (Å²) in [5.74, 6) is -0.165. The van der Waals surface area contributed by atoms with Crippen molar-refractivity contribution in [2.45, 2.75) is 33.2 Å². The maximum atomic E-state index is 12.9. The molecule has 26 heavy (non-hydrogen) atoms. The third-order valence-corrected chi connectivity index (χ3v) is 4.97. The van der Waals surface area contributed by atoms with Crippen LogP contribution < -0.4 is 15.0 Å².